The molecule has 4 heteroatoms. The van der Waals surface area contributed by atoms with Crippen molar-refractivity contribution in [2.45, 2.75) is 20.3 Å². The van der Waals surface area contributed by atoms with E-state index in [1.807, 2.05) is 61.7 Å². The minimum Gasteiger partial charge on any atom is -0.454 e. The second kappa shape index (κ2) is 7.55. The molecule has 0 N–H and O–H groups in total. The van der Waals surface area contributed by atoms with Crippen LogP contribution in [0, 0.1) is 12.7 Å². The van der Waals surface area contributed by atoms with Gasteiger partial charge in [-0.3, -0.25) is 4.79 Å². The van der Waals surface area contributed by atoms with E-state index in [1.165, 1.54) is 6.07 Å². The molecule has 0 fully saturated rings. The van der Waals surface area contributed by atoms with Gasteiger partial charge in [-0.15, -0.1) is 0 Å². The predicted molar refractivity (Wildman–Crippen MR) is 115 cm³/mol. The van der Waals surface area contributed by atoms with E-state index in [0.717, 1.165) is 34.1 Å². The van der Waals surface area contributed by atoms with Gasteiger partial charge in [-0.05, 0) is 54.1 Å². The van der Waals surface area contributed by atoms with Crippen molar-refractivity contribution in [3.05, 3.63) is 94.2 Å². The average molecular weight is 387 g/mol. The summed E-state index contributed by atoms with van der Waals surface area (Å²) in [6.45, 7) is 3.91. The monoisotopic (exact) mass is 387 g/mol. The first-order valence-corrected chi connectivity index (χ1v) is 9.64. The summed E-state index contributed by atoms with van der Waals surface area (Å²) in [6.07, 6.45) is 2.61. The number of fused-ring (bicyclic) bond motifs is 1. The second-order valence-electron chi connectivity index (χ2n) is 7.18. The molecule has 0 aliphatic heterocycles. The number of aryl methyl sites for hydroxylation is 3. The van der Waals surface area contributed by atoms with Gasteiger partial charge in [0.05, 0.1) is 0 Å². The van der Waals surface area contributed by atoms with Gasteiger partial charge < -0.3 is 9.30 Å². The van der Waals surface area contributed by atoms with Gasteiger partial charge in [0.15, 0.2) is 11.6 Å². The van der Waals surface area contributed by atoms with E-state index in [4.69, 9.17) is 4.74 Å². The van der Waals surface area contributed by atoms with Gasteiger partial charge in [-0.25, -0.2) is 4.39 Å². The van der Waals surface area contributed by atoms with E-state index >= 15 is 0 Å². The molecule has 0 bridgehead atoms. The molecule has 0 spiro atoms. The summed E-state index contributed by atoms with van der Waals surface area (Å²) in [5.41, 5.74) is 3.62. The zero-order valence-corrected chi connectivity index (χ0v) is 16.7. The van der Waals surface area contributed by atoms with Gasteiger partial charge in [0, 0.05) is 29.8 Å². The van der Waals surface area contributed by atoms with Crippen LogP contribution in [0.1, 0.15) is 18.1 Å². The molecule has 1 aromatic heterocycles. The number of nitrogens with zero attached hydrogens (tertiary/aromatic N) is 1. The van der Waals surface area contributed by atoms with Crippen LogP contribution in [-0.4, -0.2) is 4.57 Å². The van der Waals surface area contributed by atoms with Crippen LogP contribution >= 0.6 is 0 Å². The fourth-order valence-electron chi connectivity index (χ4n) is 3.68. The molecule has 0 atom stereocenters. The second-order valence-corrected chi connectivity index (χ2v) is 7.18. The Balaban J connectivity index is 1.99. The summed E-state index contributed by atoms with van der Waals surface area (Å²) < 4.78 is 22.1. The van der Waals surface area contributed by atoms with E-state index in [-0.39, 0.29) is 11.3 Å². The van der Waals surface area contributed by atoms with Crippen LogP contribution in [0.15, 0.2) is 71.7 Å². The van der Waals surface area contributed by atoms with Crippen molar-refractivity contribution >= 4 is 10.8 Å². The summed E-state index contributed by atoms with van der Waals surface area (Å²) in [5.74, 6) is 0.346. The van der Waals surface area contributed by atoms with Crippen molar-refractivity contribution in [3.63, 3.8) is 0 Å². The Bertz CT molecular complexity index is 1270. The molecule has 0 radical (unpaired) electrons. The third-order valence-corrected chi connectivity index (χ3v) is 5.16. The number of hydrogen-bond donors (Lipinski definition) is 0. The van der Waals surface area contributed by atoms with Gasteiger partial charge in [0.1, 0.15) is 5.75 Å². The molecule has 4 aromatic rings. The SMILES string of the molecule is CCc1cccc(Oc2ccc(C)cc2F)c1-c1cn(C)c(=O)c2ccccc12. The number of ether oxygens (including phenoxy) is 1. The predicted octanol–water partition coefficient (Wildman–Crippen LogP) is 6.01. The summed E-state index contributed by atoms with van der Waals surface area (Å²) in [5, 5.41) is 1.50. The van der Waals surface area contributed by atoms with E-state index < -0.39 is 5.82 Å². The van der Waals surface area contributed by atoms with Crippen LogP contribution in [0.25, 0.3) is 21.9 Å². The number of pyridine rings is 1. The molecular weight excluding hydrogens is 365 g/mol. The Morgan fingerprint density at radius 1 is 0.966 bits per heavy atom. The molecule has 4 rings (SSSR count). The van der Waals surface area contributed by atoms with E-state index in [0.29, 0.717) is 11.1 Å². The highest BCUT2D eigenvalue weighted by molar-refractivity contribution is 5.98. The van der Waals surface area contributed by atoms with Crippen LogP contribution in [0.3, 0.4) is 0 Å². The fraction of sp³-hybridized carbons (Fsp3) is 0.160. The lowest BCUT2D eigenvalue weighted by Gasteiger charge is -2.18. The topological polar surface area (TPSA) is 31.2 Å². The largest absolute Gasteiger partial charge is 0.454 e. The summed E-state index contributed by atoms with van der Waals surface area (Å²) >= 11 is 0. The molecule has 0 aliphatic rings. The molecular formula is C25H22FNO2. The molecule has 0 saturated heterocycles. The summed E-state index contributed by atoms with van der Waals surface area (Å²) in [4.78, 5) is 12.6. The smallest absolute Gasteiger partial charge is 0.258 e. The Hall–Kier alpha value is -3.40. The van der Waals surface area contributed by atoms with Gasteiger partial charge in [0.25, 0.3) is 5.56 Å². The lowest BCUT2D eigenvalue weighted by molar-refractivity contribution is 0.443. The minimum absolute atomic E-state index is 0.0506. The number of rotatable bonds is 4. The Kier molecular flexibility index (Phi) is 4.93. The van der Waals surface area contributed by atoms with Crippen molar-refractivity contribution in [2.24, 2.45) is 7.05 Å². The Morgan fingerprint density at radius 3 is 2.45 bits per heavy atom. The maximum absolute atomic E-state index is 14.5. The van der Waals surface area contributed by atoms with E-state index in [1.54, 1.807) is 17.7 Å². The summed E-state index contributed by atoms with van der Waals surface area (Å²) in [6, 6.07) is 18.3. The van der Waals surface area contributed by atoms with Crippen molar-refractivity contribution in [1.29, 1.82) is 0 Å². The zero-order valence-electron chi connectivity index (χ0n) is 16.7. The molecule has 0 amide bonds. The highest BCUT2D eigenvalue weighted by Crippen LogP contribution is 2.39. The molecule has 0 aliphatic carbocycles. The van der Waals surface area contributed by atoms with Crippen LogP contribution in [0.2, 0.25) is 0 Å². The van der Waals surface area contributed by atoms with Crippen molar-refractivity contribution in [1.82, 2.24) is 4.57 Å². The molecule has 3 aromatic carbocycles. The van der Waals surface area contributed by atoms with Crippen LogP contribution in [0.5, 0.6) is 11.5 Å². The zero-order chi connectivity index (χ0) is 20.5. The Labute approximate surface area is 169 Å². The van der Waals surface area contributed by atoms with Crippen LogP contribution < -0.4 is 10.3 Å². The number of benzene rings is 3. The molecule has 0 unspecified atom stereocenters. The van der Waals surface area contributed by atoms with E-state index in [2.05, 4.69) is 6.92 Å². The van der Waals surface area contributed by atoms with Crippen molar-refractivity contribution in [3.8, 4) is 22.6 Å². The van der Waals surface area contributed by atoms with Gasteiger partial charge >= 0.3 is 0 Å². The summed E-state index contributed by atoms with van der Waals surface area (Å²) in [7, 11) is 1.74. The minimum atomic E-state index is -0.400. The quantitative estimate of drug-likeness (QED) is 0.429. The first kappa shape index (κ1) is 18.9. The first-order chi connectivity index (χ1) is 14.0. The Morgan fingerprint density at radius 2 is 1.72 bits per heavy atom. The molecule has 1 heterocycles. The van der Waals surface area contributed by atoms with Gasteiger partial charge in [-0.2, -0.15) is 0 Å². The highest BCUT2D eigenvalue weighted by Gasteiger charge is 2.17. The number of aromatic nitrogens is 1. The van der Waals surface area contributed by atoms with Gasteiger partial charge in [-0.1, -0.05) is 43.3 Å². The fourth-order valence-corrected chi connectivity index (χ4v) is 3.68. The maximum Gasteiger partial charge on any atom is 0.258 e. The number of hydrogen-bond acceptors (Lipinski definition) is 2. The highest BCUT2D eigenvalue weighted by atomic mass is 19.1. The maximum atomic E-state index is 14.5. The van der Waals surface area contributed by atoms with Crippen molar-refractivity contribution in [2.75, 3.05) is 0 Å². The molecule has 146 valence electrons. The van der Waals surface area contributed by atoms with Crippen molar-refractivity contribution < 1.29 is 9.13 Å². The lowest BCUT2D eigenvalue weighted by atomic mass is 9.94. The van der Waals surface area contributed by atoms with E-state index in [9.17, 15) is 9.18 Å². The standard InChI is InChI=1S/C25H22FNO2/c1-4-17-8-7-11-23(29-22-13-12-16(2)14-21(22)26)24(17)20-15-27(3)25(28)19-10-6-5-9-18(19)20/h5-15H,4H2,1-3H3. The molecule has 0 saturated carbocycles. The third kappa shape index (κ3) is 3.42. The third-order valence-electron chi connectivity index (χ3n) is 5.16. The number of halogens is 1. The molecule has 29 heavy (non-hydrogen) atoms. The average Bonchev–Trinajstić information content (AvgIpc) is 2.72. The van der Waals surface area contributed by atoms with Gasteiger partial charge in [0.2, 0.25) is 0 Å². The van der Waals surface area contributed by atoms with Crippen LogP contribution in [0.4, 0.5) is 4.39 Å². The first-order valence-electron chi connectivity index (χ1n) is 9.64. The van der Waals surface area contributed by atoms with Crippen LogP contribution in [-0.2, 0) is 13.5 Å². The normalized spacial score (nSPS) is 11.0. The lowest BCUT2D eigenvalue weighted by Crippen LogP contribution is -2.16. The molecule has 3 nitrogen and oxygen atoms in total.